The molecule has 0 aliphatic heterocycles. The van der Waals surface area contributed by atoms with Gasteiger partial charge in [0.25, 0.3) is 5.56 Å². The molecular formula is C20H15N5O2. The molecule has 0 atom stereocenters. The van der Waals surface area contributed by atoms with Crippen LogP contribution in [0.5, 0.6) is 0 Å². The van der Waals surface area contributed by atoms with Crippen molar-refractivity contribution in [3.05, 3.63) is 77.6 Å². The summed E-state index contributed by atoms with van der Waals surface area (Å²) < 4.78 is 1.42. The van der Waals surface area contributed by atoms with Gasteiger partial charge in [-0.05, 0) is 36.4 Å². The van der Waals surface area contributed by atoms with Gasteiger partial charge in [0, 0.05) is 24.4 Å². The van der Waals surface area contributed by atoms with E-state index in [1.165, 1.54) is 17.8 Å². The largest absolute Gasteiger partial charge is 0.326 e. The third-order valence-corrected chi connectivity index (χ3v) is 4.01. The molecule has 4 aromatic rings. The maximum Gasteiger partial charge on any atom is 0.284 e. The number of amides is 1. The predicted molar refractivity (Wildman–Crippen MR) is 103 cm³/mol. The van der Waals surface area contributed by atoms with Gasteiger partial charge < -0.3 is 5.32 Å². The highest BCUT2D eigenvalue weighted by Crippen LogP contribution is 2.22. The number of benzene rings is 1. The molecule has 0 spiro atoms. The van der Waals surface area contributed by atoms with E-state index in [9.17, 15) is 9.59 Å². The van der Waals surface area contributed by atoms with E-state index in [0.717, 1.165) is 5.56 Å². The molecule has 0 aliphatic rings. The van der Waals surface area contributed by atoms with E-state index in [1.54, 1.807) is 42.7 Å². The van der Waals surface area contributed by atoms with Crippen molar-refractivity contribution in [2.24, 2.45) is 0 Å². The van der Waals surface area contributed by atoms with Crippen LogP contribution in [0.3, 0.4) is 0 Å². The lowest BCUT2D eigenvalue weighted by molar-refractivity contribution is -0.114. The average molecular weight is 357 g/mol. The highest BCUT2D eigenvalue weighted by atomic mass is 16.1. The van der Waals surface area contributed by atoms with Crippen LogP contribution in [0.25, 0.3) is 28.0 Å². The molecule has 0 fully saturated rings. The topological polar surface area (TPSA) is 89.8 Å². The lowest BCUT2D eigenvalue weighted by Crippen LogP contribution is -2.20. The number of anilines is 1. The number of rotatable bonds is 3. The second-order valence-electron chi connectivity index (χ2n) is 5.96. The molecule has 0 saturated carbocycles. The van der Waals surface area contributed by atoms with Crippen LogP contribution < -0.4 is 10.9 Å². The van der Waals surface area contributed by atoms with Crippen LogP contribution in [0.1, 0.15) is 6.92 Å². The molecule has 1 amide bonds. The predicted octanol–water partition coefficient (Wildman–Crippen LogP) is 2.80. The van der Waals surface area contributed by atoms with Crippen molar-refractivity contribution in [2.45, 2.75) is 6.92 Å². The van der Waals surface area contributed by atoms with Crippen LogP contribution in [0.15, 0.2) is 72.0 Å². The van der Waals surface area contributed by atoms with Gasteiger partial charge in [0.1, 0.15) is 6.33 Å². The Morgan fingerprint density at radius 3 is 2.78 bits per heavy atom. The number of nitrogens with zero attached hydrogens (tertiary/aromatic N) is 4. The molecule has 0 aliphatic carbocycles. The number of aromatic nitrogens is 4. The van der Waals surface area contributed by atoms with Crippen molar-refractivity contribution in [3.63, 3.8) is 0 Å². The van der Waals surface area contributed by atoms with Gasteiger partial charge in [-0.25, -0.2) is 9.97 Å². The first-order valence-corrected chi connectivity index (χ1v) is 8.29. The monoisotopic (exact) mass is 357 g/mol. The standard InChI is InChI=1S/C20H15N5O2/c1-13(26)23-15-5-2-4-14(10-15)17-7-8-18-19(24-17)20(27)25(12-22-18)16-6-3-9-21-11-16/h2-12H,1H3,(H,23,26). The molecule has 1 N–H and O–H groups in total. The van der Waals surface area contributed by atoms with Crippen molar-refractivity contribution in [2.75, 3.05) is 5.32 Å². The van der Waals surface area contributed by atoms with Crippen LogP contribution in [0, 0.1) is 0 Å². The minimum Gasteiger partial charge on any atom is -0.326 e. The van der Waals surface area contributed by atoms with E-state index in [1.807, 2.05) is 18.2 Å². The van der Waals surface area contributed by atoms with E-state index < -0.39 is 0 Å². The molecule has 7 nitrogen and oxygen atoms in total. The van der Waals surface area contributed by atoms with E-state index in [0.29, 0.717) is 22.6 Å². The van der Waals surface area contributed by atoms with Gasteiger partial charge in [-0.1, -0.05) is 12.1 Å². The van der Waals surface area contributed by atoms with Gasteiger partial charge in [0.2, 0.25) is 5.91 Å². The number of fused-ring (bicyclic) bond motifs is 1. The second-order valence-corrected chi connectivity index (χ2v) is 5.96. The summed E-state index contributed by atoms with van der Waals surface area (Å²) in [5.74, 6) is -0.151. The van der Waals surface area contributed by atoms with Crippen LogP contribution >= 0.6 is 0 Å². The summed E-state index contributed by atoms with van der Waals surface area (Å²) in [6.07, 6.45) is 4.71. The summed E-state index contributed by atoms with van der Waals surface area (Å²) in [6, 6.07) is 14.4. The summed E-state index contributed by atoms with van der Waals surface area (Å²) >= 11 is 0. The molecule has 0 unspecified atom stereocenters. The molecule has 3 heterocycles. The minimum absolute atomic E-state index is 0.151. The van der Waals surface area contributed by atoms with Gasteiger partial charge in [-0.15, -0.1) is 0 Å². The summed E-state index contributed by atoms with van der Waals surface area (Å²) in [4.78, 5) is 37.1. The molecule has 7 heteroatoms. The van der Waals surface area contributed by atoms with Crippen molar-refractivity contribution in [3.8, 4) is 16.9 Å². The van der Waals surface area contributed by atoms with Crippen LogP contribution in [-0.4, -0.2) is 25.4 Å². The SMILES string of the molecule is CC(=O)Nc1cccc(-c2ccc3ncn(-c4cccnc4)c(=O)c3n2)c1. The number of nitrogens with one attached hydrogen (secondary N) is 1. The molecule has 4 rings (SSSR count). The molecule has 0 bridgehead atoms. The number of pyridine rings is 2. The zero-order chi connectivity index (χ0) is 18.8. The van der Waals surface area contributed by atoms with Gasteiger partial charge in [0.15, 0.2) is 5.52 Å². The summed E-state index contributed by atoms with van der Waals surface area (Å²) in [5.41, 5.74) is 3.22. The molecular weight excluding hydrogens is 342 g/mol. The maximum absolute atomic E-state index is 12.9. The van der Waals surface area contributed by atoms with Crippen LogP contribution in [0.4, 0.5) is 5.69 Å². The Labute approximate surface area is 154 Å². The first-order valence-electron chi connectivity index (χ1n) is 8.29. The zero-order valence-electron chi connectivity index (χ0n) is 14.5. The fourth-order valence-corrected chi connectivity index (χ4v) is 2.80. The third-order valence-electron chi connectivity index (χ3n) is 4.01. The third kappa shape index (κ3) is 3.30. The van der Waals surface area contributed by atoms with Crippen molar-refractivity contribution >= 4 is 22.6 Å². The van der Waals surface area contributed by atoms with E-state index in [4.69, 9.17) is 0 Å². The van der Waals surface area contributed by atoms with E-state index in [2.05, 4.69) is 20.3 Å². The molecule has 0 saturated heterocycles. The molecule has 132 valence electrons. The normalized spacial score (nSPS) is 10.7. The quantitative estimate of drug-likeness (QED) is 0.609. The molecule has 27 heavy (non-hydrogen) atoms. The second kappa shape index (κ2) is 6.80. The Hall–Kier alpha value is -3.87. The highest BCUT2D eigenvalue weighted by molar-refractivity contribution is 5.89. The Bertz CT molecular complexity index is 1200. The fraction of sp³-hybridized carbons (Fsp3) is 0.0500. The van der Waals surface area contributed by atoms with Crippen molar-refractivity contribution < 1.29 is 4.79 Å². The Kier molecular flexibility index (Phi) is 4.18. The van der Waals surface area contributed by atoms with E-state index in [-0.39, 0.29) is 17.0 Å². The van der Waals surface area contributed by atoms with Gasteiger partial charge in [-0.2, -0.15) is 0 Å². The molecule has 3 aromatic heterocycles. The lowest BCUT2D eigenvalue weighted by Gasteiger charge is -2.08. The Balaban J connectivity index is 1.83. The number of hydrogen-bond donors (Lipinski definition) is 1. The first-order chi connectivity index (χ1) is 13.1. The Morgan fingerprint density at radius 2 is 2.00 bits per heavy atom. The maximum atomic E-state index is 12.9. The van der Waals surface area contributed by atoms with Gasteiger partial charge in [-0.3, -0.25) is 19.1 Å². The highest BCUT2D eigenvalue weighted by Gasteiger charge is 2.10. The smallest absolute Gasteiger partial charge is 0.284 e. The average Bonchev–Trinajstić information content (AvgIpc) is 2.68. The van der Waals surface area contributed by atoms with Gasteiger partial charge >= 0.3 is 0 Å². The van der Waals surface area contributed by atoms with Crippen molar-refractivity contribution in [1.29, 1.82) is 0 Å². The summed E-state index contributed by atoms with van der Waals surface area (Å²) in [6.45, 7) is 1.45. The van der Waals surface area contributed by atoms with E-state index >= 15 is 0 Å². The fourth-order valence-electron chi connectivity index (χ4n) is 2.80. The first kappa shape index (κ1) is 16.6. The number of hydrogen-bond acceptors (Lipinski definition) is 5. The molecule has 1 aromatic carbocycles. The van der Waals surface area contributed by atoms with Crippen LogP contribution in [-0.2, 0) is 4.79 Å². The lowest BCUT2D eigenvalue weighted by atomic mass is 10.1. The van der Waals surface area contributed by atoms with Crippen LogP contribution in [0.2, 0.25) is 0 Å². The summed E-state index contributed by atoms with van der Waals surface area (Å²) in [5, 5.41) is 2.74. The van der Waals surface area contributed by atoms with Crippen molar-refractivity contribution in [1.82, 2.24) is 19.5 Å². The zero-order valence-corrected chi connectivity index (χ0v) is 14.5. The summed E-state index contributed by atoms with van der Waals surface area (Å²) in [7, 11) is 0. The number of carbonyl (C=O) groups is 1. The van der Waals surface area contributed by atoms with Gasteiger partial charge in [0.05, 0.1) is 23.1 Å². The Morgan fingerprint density at radius 1 is 1.11 bits per heavy atom. The molecule has 0 radical (unpaired) electrons. The minimum atomic E-state index is -0.270. The number of carbonyl (C=O) groups excluding carboxylic acids is 1.